The van der Waals surface area contributed by atoms with E-state index in [1.807, 2.05) is 11.1 Å². The fraction of sp³-hybridized carbons (Fsp3) is 0.364. The molecule has 5 rings (SSSR count). The van der Waals surface area contributed by atoms with E-state index in [0.717, 1.165) is 49.2 Å². The summed E-state index contributed by atoms with van der Waals surface area (Å²) in [6, 6.07) is 11.6. The maximum atomic E-state index is 12.5. The Kier molecular flexibility index (Phi) is 5.31. The average Bonchev–Trinajstić information content (AvgIpc) is 3.39. The molecule has 2 fully saturated rings. The molecule has 0 spiro atoms. The van der Waals surface area contributed by atoms with Gasteiger partial charge in [-0.3, -0.25) is 10.00 Å². The summed E-state index contributed by atoms with van der Waals surface area (Å²) in [5.41, 5.74) is 3.15. The van der Waals surface area contributed by atoms with Crippen LogP contribution in [0.25, 0.3) is 10.9 Å². The third-order valence-corrected chi connectivity index (χ3v) is 6.45. The monoisotopic (exact) mass is 444 g/mol. The number of fused-ring (bicyclic) bond motifs is 2. The van der Waals surface area contributed by atoms with E-state index in [1.54, 1.807) is 18.2 Å². The van der Waals surface area contributed by atoms with Crippen molar-refractivity contribution in [1.82, 2.24) is 20.0 Å². The number of amides is 1. The quantitative estimate of drug-likeness (QED) is 0.639. The molecule has 0 saturated carbocycles. The van der Waals surface area contributed by atoms with Crippen LogP contribution < -0.4 is 0 Å². The summed E-state index contributed by atoms with van der Waals surface area (Å²) in [6.45, 7) is 4.60. The molecular weight excluding hydrogens is 423 g/mol. The maximum absolute atomic E-state index is 12.5. The smallest absolute Gasteiger partial charge is 0.410 e. The summed E-state index contributed by atoms with van der Waals surface area (Å²) in [7, 11) is 0. The van der Waals surface area contributed by atoms with E-state index < -0.39 is 0 Å². The van der Waals surface area contributed by atoms with Gasteiger partial charge in [0.25, 0.3) is 0 Å². The molecule has 1 aromatic heterocycles. The van der Waals surface area contributed by atoms with Crippen molar-refractivity contribution in [1.29, 1.82) is 0 Å². The molecule has 0 aliphatic carbocycles. The molecule has 0 unspecified atom stereocenters. The SMILES string of the molecule is O=C(OCc1cc(Cl)cc(Cl)c1)N1C[C@@H]2CN(Cc3ccc4[nH]ncc4c3)C[C@H]2C1. The Morgan fingerprint density at radius 2 is 1.77 bits per heavy atom. The number of rotatable bonds is 4. The number of benzene rings is 2. The van der Waals surface area contributed by atoms with Crippen LogP contribution >= 0.6 is 23.2 Å². The van der Waals surface area contributed by atoms with Crippen molar-refractivity contribution in [3.8, 4) is 0 Å². The number of ether oxygens (including phenoxy) is 1. The lowest BCUT2D eigenvalue weighted by atomic mass is 10.0. The third-order valence-electron chi connectivity index (χ3n) is 6.02. The Bertz CT molecular complexity index is 1050. The summed E-state index contributed by atoms with van der Waals surface area (Å²) in [5.74, 6) is 0.992. The van der Waals surface area contributed by atoms with Gasteiger partial charge < -0.3 is 9.64 Å². The molecule has 1 N–H and O–H groups in total. The Balaban J connectivity index is 1.13. The van der Waals surface area contributed by atoms with Crippen molar-refractivity contribution < 1.29 is 9.53 Å². The first-order chi connectivity index (χ1) is 14.5. The minimum atomic E-state index is -0.266. The topological polar surface area (TPSA) is 61.5 Å². The molecule has 0 bridgehead atoms. The van der Waals surface area contributed by atoms with Gasteiger partial charge in [-0.2, -0.15) is 5.10 Å². The van der Waals surface area contributed by atoms with Crippen molar-refractivity contribution in [2.24, 2.45) is 11.8 Å². The molecule has 8 heteroatoms. The summed E-state index contributed by atoms with van der Waals surface area (Å²) in [5, 5.41) is 9.29. The standard InChI is InChI=1S/C22H22Cl2N4O2/c23-19-4-15(5-20(24)6-19)13-30-22(29)28-11-17-9-27(10-18(17)12-28)8-14-1-2-21-16(3-14)7-25-26-21/h1-7,17-18H,8-13H2,(H,25,26)/t17-,18-/m0/s1. The van der Waals surface area contributed by atoms with E-state index in [2.05, 4.69) is 33.3 Å². The summed E-state index contributed by atoms with van der Waals surface area (Å²) in [4.78, 5) is 16.8. The van der Waals surface area contributed by atoms with Gasteiger partial charge in [0.1, 0.15) is 6.61 Å². The molecule has 2 aromatic carbocycles. The number of carbonyl (C=O) groups is 1. The number of halogens is 2. The van der Waals surface area contributed by atoms with Crippen molar-refractivity contribution in [2.75, 3.05) is 26.2 Å². The van der Waals surface area contributed by atoms with Crippen LogP contribution in [0.5, 0.6) is 0 Å². The number of carbonyl (C=O) groups excluding carboxylic acids is 1. The van der Waals surface area contributed by atoms with Crippen molar-refractivity contribution in [2.45, 2.75) is 13.2 Å². The molecule has 2 aliphatic heterocycles. The zero-order chi connectivity index (χ0) is 20.7. The van der Waals surface area contributed by atoms with Gasteiger partial charge in [-0.05, 0) is 53.3 Å². The molecular formula is C22H22Cl2N4O2. The van der Waals surface area contributed by atoms with Gasteiger partial charge >= 0.3 is 6.09 Å². The van der Waals surface area contributed by atoms with Crippen LogP contribution in [-0.4, -0.2) is 52.3 Å². The lowest BCUT2D eigenvalue weighted by Crippen LogP contribution is -2.33. The van der Waals surface area contributed by atoms with E-state index in [0.29, 0.717) is 21.9 Å². The highest BCUT2D eigenvalue weighted by Gasteiger charge is 2.41. The number of nitrogens with one attached hydrogen (secondary N) is 1. The number of likely N-dealkylation sites (tertiary alicyclic amines) is 2. The lowest BCUT2D eigenvalue weighted by molar-refractivity contribution is 0.0997. The second kappa shape index (κ2) is 8.10. The van der Waals surface area contributed by atoms with Gasteiger partial charge in [0.2, 0.25) is 0 Å². The van der Waals surface area contributed by atoms with E-state index >= 15 is 0 Å². The number of aromatic amines is 1. The van der Waals surface area contributed by atoms with Crippen LogP contribution in [0.3, 0.4) is 0 Å². The molecule has 30 heavy (non-hydrogen) atoms. The maximum Gasteiger partial charge on any atom is 0.410 e. The zero-order valence-corrected chi connectivity index (χ0v) is 17.9. The highest BCUT2D eigenvalue weighted by Crippen LogP contribution is 2.32. The normalized spacial score (nSPS) is 21.3. The number of hydrogen-bond acceptors (Lipinski definition) is 4. The first-order valence-electron chi connectivity index (χ1n) is 10.0. The molecule has 2 atom stereocenters. The second-order valence-electron chi connectivity index (χ2n) is 8.24. The van der Waals surface area contributed by atoms with E-state index in [-0.39, 0.29) is 12.7 Å². The van der Waals surface area contributed by atoms with Gasteiger partial charge in [0.15, 0.2) is 0 Å². The minimum Gasteiger partial charge on any atom is -0.445 e. The van der Waals surface area contributed by atoms with Crippen LogP contribution in [0, 0.1) is 11.8 Å². The molecule has 2 saturated heterocycles. The van der Waals surface area contributed by atoms with Gasteiger partial charge in [0.05, 0.1) is 11.7 Å². The Labute approximate surface area is 184 Å². The molecule has 6 nitrogen and oxygen atoms in total. The number of aromatic nitrogens is 2. The third kappa shape index (κ3) is 4.13. The van der Waals surface area contributed by atoms with E-state index in [4.69, 9.17) is 27.9 Å². The van der Waals surface area contributed by atoms with Crippen molar-refractivity contribution in [3.05, 3.63) is 63.8 Å². The van der Waals surface area contributed by atoms with Crippen LogP contribution in [0.2, 0.25) is 10.0 Å². The first kappa shape index (κ1) is 19.7. The molecule has 1 amide bonds. The highest BCUT2D eigenvalue weighted by molar-refractivity contribution is 6.34. The van der Waals surface area contributed by atoms with Crippen molar-refractivity contribution >= 4 is 40.2 Å². The van der Waals surface area contributed by atoms with Gasteiger partial charge in [-0.25, -0.2) is 4.79 Å². The number of H-pyrrole nitrogens is 1. The summed E-state index contributed by atoms with van der Waals surface area (Å²) < 4.78 is 5.49. The molecule has 0 radical (unpaired) electrons. The van der Waals surface area contributed by atoms with Crippen LogP contribution in [0.1, 0.15) is 11.1 Å². The van der Waals surface area contributed by atoms with Gasteiger partial charge in [0, 0.05) is 48.2 Å². The van der Waals surface area contributed by atoms with Gasteiger partial charge in [-0.1, -0.05) is 29.3 Å². The zero-order valence-electron chi connectivity index (χ0n) is 16.4. The summed E-state index contributed by atoms with van der Waals surface area (Å²) >= 11 is 12.0. The predicted octanol–water partition coefficient (Wildman–Crippen LogP) is 4.57. The van der Waals surface area contributed by atoms with Crippen LogP contribution in [-0.2, 0) is 17.9 Å². The number of hydrogen-bond donors (Lipinski definition) is 1. The number of nitrogens with zero attached hydrogens (tertiary/aromatic N) is 3. The highest BCUT2D eigenvalue weighted by atomic mass is 35.5. The van der Waals surface area contributed by atoms with E-state index in [9.17, 15) is 4.79 Å². The van der Waals surface area contributed by atoms with Crippen LogP contribution in [0.4, 0.5) is 4.79 Å². The molecule has 2 aliphatic rings. The minimum absolute atomic E-state index is 0.174. The Hall–Kier alpha value is -2.28. The Morgan fingerprint density at radius 1 is 1.03 bits per heavy atom. The molecule has 156 valence electrons. The van der Waals surface area contributed by atoms with Gasteiger partial charge in [-0.15, -0.1) is 0 Å². The average molecular weight is 445 g/mol. The predicted molar refractivity (Wildman–Crippen MR) is 117 cm³/mol. The van der Waals surface area contributed by atoms with E-state index in [1.165, 1.54) is 5.56 Å². The fourth-order valence-electron chi connectivity index (χ4n) is 4.65. The second-order valence-corrected chi connectivity index (χ2v) is 9.12. The first-order valence-corrected chi connectivity index (χ1v) is 10.8. The lowest BCUT2D eigenvalue weighted by Gasteiger charge is -2.21. The van der Waals surface area contributed by atoms with Crippen molar-refractivity contribution in [3.63, 3.8) is 0 Å². The largest absolute Gasteiger partial charge is 0.445 e. The van der Waals surface area contributed by atoms with Crippen LogP contribution in [0.15, 0.2) is 42.6 Å². The molecule has 3 heterocycles. The Morgan fingerprint density at radius 3 is 2.50 bits per heavy atom. The molecule has 3 aromatic rings. The summed E-state index contributed by atoms with van der Waals surface area (Å²) in [6.07, 6.45) is 1.59. The fourth-order valence-corrected chi connectivity index (χ4v) is 5.22.